The molecule has 1 aliphatic rings. The van der Waals surface area contributed by atoms with Crippen molar-refractivity contribution in [3.63, 3.8) is 0 Å². The van der Waals surface area contributed by atoms with Gasteiger partial charge in [0.2, 0.25) is 0 Å². The molecule has 0 aromatic heterocycles. The molecule has 0 radical (unpaired) electrons. The van der Waals surface area contributed by atoms with Crippen LogP contribution >= 0.6 is 23.2 Å². The number of benzene rings is 2. The van der Waals surface area contributed by atoms with Crippen LogP contribution in [-0.4, -0.2) is 30.0 Å². The Morgan fingerprint density at radius 1 is 1.26 bits per heavy atom. The Labute approximate surface area is 168 Å². The molecule has 1 amide bonds. The molecule has 0 saturated carbocycles. The fourth-order valence-electron chi connectivity index (χ4n) is 2.90. The third-order valence-corrected chi connectivity index (χ3v) is 4.87. The van der Waals surface area contributed by atoms with E-state index in [1.54, 1.807) is 12.1 Å². The molecule has 3 rings (SSSR count). The van der Waals surface area contributed by atoms with Crippen molar-refractivity contribution in [1.82, 2.24) is 5.32 Å². The molecule has 2 aromatic carbocycles. The number of ether oxygens (including phenoxy) is 2. The van der Waals surface area contributed by atoms with E-state index in [-0.39, 0.29) is 18.6 Å². The molecule has 5 nitrogen and oxygen atoms in total. The summed E-state index contributed by atoms with van der Waals surface area (Å²) < 4.78 is 10.9. The van der Waals surface area contributed by atoms with Crippen LogP contribution in [0.3, 0.4) is 0 Å². The van der Waals surface area contributed by atoms with Gasteiger partial charge in [0.05, 0.1) is 17.2 Å². The zero-order chi connectivity index (χ0) is 19.2. The lowest BCUT2D eigenvalue weighted by Crippen LogP contribution is -2.27. The van der Waals surface area contributed by atoms with Gasteiger partial charge in [-0.1, -0.05) is 47.5 Å². The minimum absolute atomic E-state index is 0.253. The van der Waals surface area contributed by atoms with Crippen molar-refractivity contribution in [2.45, 2.75) is 38.4 Å². The quantitative estimate of drug-likeness (QED) is 0.679. The summed E-state index contributed by atoms with van der Waals surface area (Å²) in [5.41, 5.74) is 2.20. The van der Waals surface area contributed by atoms with E-state index in [1.807, 2.05) is 24.3 Å². The lowest BCUT2D eigenvalue weighted by molar-refractivity contribution is -0.171. The molecule has 0 spiro atoms. The fourth-order valence-corrected chi connectivity index (χ4v) is 3.39. The average molecular weight is 410 g/mol. The summed E-state index contributed by atoms with van der Waals surface area (Å²) in [4.78, 5) is 12.3. The fraction of sp³-hybridized carbons (Fsp3) is 0.350. The van der Waals surface area contributed by atoms with Crippen molar-refractivity contribution in [2.75, 3.05) is 6.61 Å². The maximum absolute atomic E-state index is 12.3. The van der Waals surface area contributed by atoms with Crippen molar-refractivity contribution in [1.29, 1.82) is 0 Å². The molecule has 1 heterocycles. The van der Waals surface area contributed by atoms with Crippen LogP contribution in [0.1, 0.15) is 34.3 Å². The lowest BCUT2D eigenvalue weighted by Gasteiger charge is -2.18. The average Bonchev–Trinajstić information content (AvgIpc) is 3.19. The first-order valence-electron chi connectivity index (χ1n) is 8.75. The third kappa shape index (κ3) is 5.67. The molecule has 7 heteroatoms. The maximum Gasteiger partial charge on any atom is 0.253 e. The number of amides is 1. The van der Waals surface area contributed by atoms with Gasteiger partial charge in [-0.2, -0.15) is 0 Å². The van der Waals surface area contributed by atoms with Crippen molar-refractivity contribution < 1.29 is 19.4 Å². The zero-order valence-electron chi connectivity index (χ0n) is 14.7. The number of hydrogen-bond donors (Lipinski definition) is 2. The molecular formula is C20H21Cl2NO4. The normalized spacial score (nSPS) is 17.7. The second kappa shape index (κ2) is 9.53. The second-order valence-corrected chi connectivity index (χ2v) is 7.22. The van der Waals surface area contributed by atoms with Crippen LogP contribution < -0.4 is 5.32 Å². The number of carbonyl (C=O) groups is 1. The number of halogens is 2. The van der Waals surface area contributed by atoms with Gasteiger partial charge in [0, 0.05) is 18.2 Å². The van der Waals surface area contributed by atoms with Crippen LogP contribution in [0.5, 0.6) is 0 Å². The largest absolute Gasteiger partial charge is 0.373 e. The molecule has 2 unspecified atom stereocenters. The Morgan fingerprint density at radius 3 is 2.81 bits per heavy atom. The Bertz CT molecular complexity index is 793. The van der Waals surface area contributed by atoms with Crippen LogP contribution in [-0.2, 0) is 22.6 Å². The van der Waals surface area contributed by atoms with Crippen molar-refractivity contribution in [2.24, 2.45) is 0 Å². The molecule has 1 saturated heterocycles. The summed E-state index contributed by atoms with van der Waals surface area (Å²) in [6.45, 7) is 1.28. The summed E-state index contributed by atoms with van der Waals surface area (Å²) in [6.07, 6.45) is 0.567. The number of aliphatic hydroxyl groups excluding tert-OH is 1. The van der Waals surface area contributed by atoms with Gasteiger partial charge in [0.15, 0.2) is 6.29 Å². The first-order chi connectivity index (χ1) is 13.0. The van der Waals surface area contributed by atoms with Crippen LogP contribution in [0.25, 0.3) is 0 Å². The first-order valence-corrected chi connectivity index (χ1v) is 9.51. The van der Waals surface area contributed by atoms with Gasteiger partial charge in [-0.25, -0.2) is 0 Å². The number of rotatable bonds is 7. The van der Waals surface area contributed by atoms with Gasteiger partial charge >= 0.3 is 0 Å². The summed E-state index contributed by atoms with van der Waals surface area (Å²) in [5.74, 6) is -0.271. The second-order valence-electron chi connectivity index (χ2n) is 6.38. The van der Waals surface area contributed by atoms with E-state index < -0.39 is 6.29 Å². The third-order valence-electron chi connectivity index (χ3n) is 4.32. The van der Waals surface area contributed by atoms with Gasteiger partial charge in [-0.3, -0.25) is 4.79 Å². The van der Waals surface area contributed by atoms with E-state index in [2.05, 4.69) is 5.32 Å². The van der Waals surface area contributed by atoms with Crippen LogP contribution in [0, 0.1) is 0 Å². The highest BCUT2D eigenvalue weighted by Gasteiger charge is 2.24. The van der Waals surface area contributed by atoms with Gasteiger partial charge in [-0.15, -0.1) is 0 Å². The van der Waals surface area contributed by atoms with Crippen molar-refractivity contribution in [3.05, 3.63) is 69.2 Å². The van der Waals surface area contributed by atoms with Gasteiger partial charge in [-0.05, 0) is 42.2 Å². The molecule has 2 aromatic rings. The number of aliphatic hydroxyl groups is 1. The van der Waals surface area contributed by atoms with Crippen LogP contribution in [0.4, 0.5) is 0 Å². The summed E-state index contributed by atoms with van der Waals surface area (Å²) >= 11 is 11.9. The van der Waals surface area contributed by atoms with E-state index in [1.165, 1.54) is 6.07 Å². The predicted octanol–water partition coefficient (Wildman–Crippen LogP) is 3.94. The Morgan fingerprint density at radius 2 is 2.07 bits per heavy atom. The molecule has 1 fully saturated rings. The molecule has 2 atom stereocenters. The van der Waals surface area contributed by atoms with Crippen LogP contribution in [0.15, 0.2) is 42.5 Å². The number of hydrogen-bond acceptors (Lipinski definition) is 4. The van der Waals surface area contributed by atoms with Gasteiger partial charge in [0.1, 0.15) is 6.10 Å². The maximum atomic E-state index is 12.3. The number of nitrogens with one attached hydrogen (secondary N) is 1. The summed E-state index contributed by atoms with van der Waals surface area (Å²) in [6, 6.07) is 12.4. The van der Waals surface area contributed by atoms with Crippen LogP contribution in [0.2, 0.25) is 10.0 Å². The van der Waals surface area contributed by atoms with E-state index in [4.69, 9.17) is 32.7 Å². The van der Waals surface area contributed by atoms with Crippen molar-refractivity contribution in [3.8, 4) is 0 Å². The Kier molecular flexibility index (Phi) is 7.10. The first kappa shape index (κ1) is 20.1. The molecule has 2 N–H and O–H groups in total. The van der Waals surface area contributed by atoms with Gasteiger partial charge in [0.25, 0.3) is 5.91 Å². The summed E-state index contributed by atoms with van der Waals surface area (Å²) in [5, 5.41) is 13.6. The number of carbonyl (C=O) groups excluding carboxylic acids is 1. The topological polar surface area (TPSA) is 67.8 Å². The molecule has 1 aliphatic heterocycles. The minimum Gasteiger partial charge on any atom is -0.373 e. The summed E-state index contributed by atoms with van der Waals surface area (Å²) in [7, 11) is 0. The SMILES string of the molecule is O=C(NCc1cccc(COC(O)C2CCCO2)c1)c1ccc(Cl)cc1Cl. The smallest absolute Gasteiger partial charge is 0.253 e. The standard InChI is InChI=1S/C20H21Cl2NO4/c21-15-6-7-16(17(22)10-15)19(24)23-11-13-3-1-4-14(9-13)12-27-20(25)18-5-2-8-26-18/h1,3-4,6-7,9-10,18,20,25H,2,5,8,11-12H2,(H,23,24). The molecular weight excluding hydrogens is 389 g/mol. The zero-order valence-corrected chi connectivity index (χ0v) is 16.2. The predicted molar refractivity (Wildman–Crippen MR) is 104 cm³/mol. The highest BCUT2D eigenvalue weighted by molar-refractivity contribution is 6.36. The Hall–Kier alpha value is -1.63. The highest BCUT2D eigenvalue weighted by atomic mass is 35.5. The minimum atomic E-state index is -0.928. The molecule has 27 heavy (non-hydrogen) atoms. The molecule has 144 valence electrons. The van der Waals surface area contributed by atoms with E-state index in [0.29, 0.717) is 28.8 Å². The Balaban J connectivity index is 1.53. The monoisotopic (exact) mass is 409 g/mol. The van der Waals surface area contributed by atoms with Crippen molar-refractivity contribution >= 4 is 29.1 Å². The molecule has 0 aliphatic carbocycles. The highest BCUT2D eigenvalue weighted by Crippen LogP contribution is 2.21. The van der Waals surface area contributed by atoms with E-state index >= 15 is 0 Å². The van der Waals surface area contributed by atoms with E-state index in [9.17, 15) is 9.90 Å². The van der Waals surface area contributed by atoms with E-state index in [0.717, 1.165) is 24.0 Å². The molecule has 0 bridgehead atoms. The lowest BCUT2D eigenvalue weighted by atomic mass is 10.1. The van der Waals surface area contributed by atoms with Gasteiger partial charge < -0.3 is 19.9 Å².